The van der Waals surface area contributed by atoms with E-state index in [1.807, 2.05) is 24.3 Å². The molecule has 1 aromatic rings. The van der Waals surface area contributed by atoms with Crippen molar-refractivity contribution in [2.45, 2.75) is 51.9 Å². The molecule has 2 atom stereocenters. The quantitative estimate of drug-likeness (QED) is 0.719. The fourth-order valence-corrected chi connectivity index (χ4v) is 3.51. The maximum atomic E-state index is 11.5. The van der Waals surface area contributed by atoms with Gasteiger partial charge in [-0.1, -0.05) is 48.8 Å². The molecule has 0 saturated heterocycles. The Kier molecular flexibility index (Phi) is 5.81. The summed E-state index contributed by atoms with van der Waals surface area (Å²) in [6, 6.07) is 7.72. The zero-order chi connectivity index (χ0) is 16.4. The van der Waals surface area contributed by atoms with E-state index in [4.69, 9.17) is 4.43 Å². The van der Waals surface area contributed by atoms with Crippen LogP contribution < -0.4 is 0 Å². The SMILES string of the molecule is C[C@@H](C(=O)O)[C@@H](O[Si](C)(C)C(C)(C)C)c1cccc(Br)c1. The van der Waals surface area contributed by atoms with E-state index in [0.717, 1.165) is 10.0 Å². The molecule has 0 heterocycles. The molecule has 1 rings (SSSR count). The van der Waals surface area contributed by atoms with Gasteiger partial charge in [0.05, 0.1) is 12.0 Å². The molecule has 0 aliphatic rings. The predicted octanol–water partition coefficient (Wildman–Crippen LogP) is 5.23. The molecular formula is C16H25BrO3Si. The lowest BCUT2D eigenvalue weighted by Crippen LogP contribution is -2.43. The first-order chi connectivity index (χ1) is 9.45. The van der Waals surface area contributed by atoms with Gasteiger partial charge >= 0.3 is 5.97 Å². The van der Waals surface area contributed by atoms with Gasteiger partial charge in [-0.2, -0.15) is 0 Å². The molecule has 0 aromatic heterocycles. The number of aliphatic carboxylic acids is 1. The third-order valence-electron chi connectivity index (χ3n) is 4.25. The molecule has 21 heavy (non-hydrogen) atoms. The summed E-state index contributed by atoms with van der Waals surface area (Å²) >= 11 is 3.44. The van der Waals surface area contributed by atoms with Gasteiger partial charge in [-0.15, -0.1) is 0 Å². The lowest BCUT2D eigenvalue weighted by Gasteiger charge is -2.40. The van der Waals surface area contributed by atoms with Crippen LogP contribution in [0.15, 0.2) is 28.7 Å². The molecule has 0 saturated carbocycles. The molecule has 118 valence electrons. The van der Waals surface area contributed by atoms with Crippen molar-refractivity contribution in [3.63, 3.8) is 0 Å². The van der Waals surface area contributed by atoms with Crippen LogP contribution in [0.2, 0.25) is 18.1 Å². The molecule has 3 nitrogen and oxygen atoms in total. The van der Waals surface area contributed by atoms with Gasteiger partial charge in [-0.25, -0.2) is 0 Å². The summed E-state index contributed by atoms with van der Waals surface area (Å²) in [6.45, 7) is 12.5. The van der Waals surface area contributed by atoms with Gasteiger partial charge in [0.25, 0.3) is 0 Å². The smallest absolute Gasteiger partial charge is 0.309 e. The van der Waals surface area contributed by atoms with Crippen molar-refractivity contribution in [2.75, 3.05) is 0 Å². The van der Waals surface area contributed by atoms with Gasteiger partial charge in [-0.3, -0.25) is 4.79 Å². The van der Waals surface area contributed by atoms with Crippen molar-refractivity contribution >= 4 is 30.2 Å². The van der Waals surface area contributed by atoms with Crippen molar-refractivity contribution in [2.24, 2.45) is 5.92 Å². The predicted molar refractivity (Wildman–Crippen MR) is 92.0 cm³/mol. The highest BCUT2D eigenvalue weighted by atomic mass is 79.9. The maximum Gasteiger partial charge on any atom is 0.309 e. The molecule has 0 unspecified atom stereocenters. The van der Waals surface area contributed by atoms with E-state index in [9.17, 15) is 9.90 Å². The van der Waals surface area contributed by atoms with Gasteiger partial charge in [0.1, 0.15) is 0 Å². The summed E-state index contributed by atoms with van der Waals surface area (Å²) in [6.07, 6.45) is -0.430. The van der Waals surface area contributed by atoms with Crippen LogP contribution in [0.4, 0.5) is 0 Å². The van der Waals surface area contributed by atoms with Gasteiger partial charge in [-0.05, 0) is 42.8 Å². The lowest BCUT2D eigenvalue weighted by atomic mass is 9.98. The average Bonchev–Trinajstić information content (AvgIpc) is 2.33. The third-order valence-corrected chi connectivity index (χ3v) is 9.20. The number of rotatable bonds is 5. The van der Waals surface area contributed by atoms with E-state index in [-0.39, 0.29) is 5.04 Å². The molecule has 0 fully saturated rings. The molecule has 5 heteroatoms. The van der Waals surface area contributed by atoms with Crippen LogP contribution in [0.25, 0.3) is 0 Å². The molecule has 0 aliphatic carbocycles. The second kappa shape index (κ2) is 6.63. The fraction of sp³-hybridized carbons (Fsp3) is 0.562. The Morgan fingerprint density at radius 1 is 1.33 bits per heavy atom. The van der Waals surface area contributed by atoms with Crippen LogP contribution >= 0.6 is 15.9 Å². The molecular weight excluding hydrogens is 348 g/mol. The zero-order valence-corrected chi connectivity index (χ0v) is 16.2. The van der Waals surface area contributed by atoms with Gasteiger partial charge in [0.15, 0.2) is 8.32 Å². The second-order valence-electron chi connectivity index (χ2n) is 6.98. The Morgan fingerprint density at radius 2 is 1.90 bits per heavy atom. The number of carboxylic acids is 1. The monoisotopic (exact) mass is 372 g/mol. The van der Waals surface area contributed by atoms with Crippen LogP contribution in [0, 0.1) is 5.92 Å². The molecule has 1 N–H and O–H groups in total. The maximum absolute atomic E-state index is 11.5. The Balaban J connectivity index is 3.19. The number of carbonyl (C=O) groups is 1. The van der Waals surface area contributed by atoms with E-state index in [1.165, 1.54) is 0 Å². The normalized spacial score (nSPS) is 15.6. The van der Waals surface area contributed by atoms with Crippen molar-refractivity contribution < 1.29 is 14.3 Å². The molecule has 0 spiro atoms. The van der Waals surface area contributed by atoms with Gasteiger partial charge in [0, 0.05) is 4.47 Å². The Bertz CT molecular complexity index is 508. The van der Waals surface area contributed by atoms with Gasteiger partial charge < -0.3 is 9.53 Å². The first-order valence-corrected chi connectivity index (χ1v) is 10.8. The van der Waals surface area contributed by atoms with Crippen molar-refractivity contribution in [1.29, 1.82) is 0 Å². The summed E-state index contributed by atoms with van der Waals surface area (Å²) in [5.74, 6) is -1.42. The number of hydrogen-bond donors (Lipinski definition) is 1. The first-order valence-electron chi connectivity index (χ1n) is 7.12. The first kappa shape index (κ1) is 18.4. The van der Waals surface area contributed by atoms with E-state index < -0.39 is 26.3 Å². The second-order valence-corrected chi connectivity index (χ2v) is 12.7. The molecule has 0 aliphatic heterocycles. The topological polar surface area (TPSA) is 46.5 Å². The van der Waals surface area contributed by atoms with Crippen LogP contribution in [0.1, 0.15) is 39.4 Å². The molecule has 1 aromatic carbocycles. The van der Waals surface area contributed by atoms with Crippen LogP contribution in [0.5, 0.6) is 0 Å². The van der Waals surface area contributed by atoms with Crippen LogP contribution in [-0.2, 0) is 9.22 Å². The van der Waals surface area contributed by atoms with Crippen molar-refractivity contribution in [1.82, 2.24) is 0 Å². The summed E-state index contributed by atoms with van der Waals surface area (Å²) in [7, 11) is -2.06. The zero-order valence-electron chi connectivity index (χ0n) is 13.6. The summed E-state index contributed by atoms with van der Waals surface area (Å²) in [5, 5.41) is 9.44. The van der Waals surface area contributed by atoms with E-state index in [1.54, 1.807) is 6.92 Å². The Labute approximate surface area is 137 Å². The summed E-state index contributed by atoms with van der Waals surface area (Å²) < 4.78 is 7.34. The molecule has 0 radical (unpaired) electrons. The molecule has 0 bridgehead atoms. The summed E-state index contributed by atoms with van der Waals surface area (Å²) in [5.41, 5.74) is 0.907. The van der Waals surface area contributed by atoms with Crippen molar-refractivity contribution in [3.05, 3.63) is 34.3 Å². The minimum Gasteiger partial charge on any atom is -0.481 e. The van der Waals surface area contributed by atoms with E-state index in [0.29, 0.717) is 0 Å². The van der Waals surface area contributed by atoms with Crippen molar-refractivity contribution in [3.8, 4) is 0 Å². The van der Waals surface area contributed by atoms with Crippen LogP contribution in [0.3, 0.4) is 0 Å². The minimum absolute atomic E-state index is 0.0372. The highest BCUT2D eigenvalue weighted by Gasteiger charge is 2.41. The minimum atomic E-state index is -2.06. The fourth-order valence-electron chi connectivity index (χ4n) is 1.77. The number of halogens is 1. The highest BCUT2D eigenvalue weighted by molar-refractivity contribution is 9.10. The highest BCUT2D eigenvalue weighted by Crippen LogP contribution is 2.41. The average molecular weight is 373 g/mol. The number of carboxylic acid groups (broad SMARTS) is 1. The molecule has 0 amide bonds. The number of hydrogen-bond acceptors (Lipinski definition) is 2. The standard InChI is InChI=1S/C16H25BrO3Si/c1-11(15(18)19)14(12-8-7-9-13(17)10-12)20-21(5,6)16(2,3)4/h7-11,14H,1-6H3,(H,18,19)/t11-,14-/m1/s1. The third kappa shape index (κ3) is 4.66. The number of benzene rings is 1. The van der Waals surface area contributed by atoms with Crippen LogP contribution in [-0.4, -0.2) is 19.4 Å². The Hall–Kier alpha value is -0.653. The largest absolute Gasteiger partial charge is 0.481 e. The Morgan fingerprint density at radius 3 is 2.33 bits per heavy atom. The van der Waals surface area contributed by atoms with E-state index in [2.05, 4.69) is 49.8 Å². The van der Waals surface area contributed by atoms with E-state index >= 15 is 0 Å². The summed E-state index contributed by atoms with van der Waals surface area (Å²) in [4.78, 5) is 11.5. The van der Waals surface area contributed by atoms with Gasteiger partial charge in [0.2, 0.25) is 0 Å². The lowest BCUT2D eigenvalue weighted by molar-refractivity contribution is -0.144.